The molecule has 0 radical (unpaired) electrons. The number of rotatable bonds is 3. The van der Waals surface area contributed by atoms with Crippen LogP contribution in [0.5, 0.6) is 0 Å². The molecule has 9 heteroatoms. The van der Waals surface area contributed by atoms with Gasteiger partial charge in [0.05, 0.1) is 14.7 Å². The molecule has 33 heavy (non-hydrogen) atoms. The van der Waals surface area contributed by atoms with Gasteiger partial charge in [-0.15, -0.1) is 5.56 Å². The Labute approximate surface area is 237 Å². The molecule has 5 rings (SSSR count). The molecule has 0 bridgehead atoms. The van der Waals surface area contributed by atoms with E-state index in [4.69, 9.17) is 0 Å². The zero-order valence-electron chi connectivity index (χ0n) is 17.9. The van der Waals surface area contributed by atoms with Crippen LogP contribution in [0.15, 0.2) is 99.6 Å². The zero-order valence-corrected chi connectivity index (χ0v) is 23.6. The summed E-state index contributed by atoms with van der Waals surface area (Å²) in [7, 11) is -8.25. The fourth-order valence-corrected chi connectivity index (χ4v) is 6.01. The first-order chi connectivity index (χ1) is 14.7. The quantitative estimate of drug-likeness (QED) is 0.175. The fourth-order valence-electron chi connectivity index (χ4n) is 3.81. The minimum atomic E-state index is -4.54. The van der Waals surface area contributed by atoms with Crippen LogP contribution in [0.1, 0.15) is 0 Å². The third-order valence-corrected chi connectivity index (χ3v) is 8.04. The molecular weight excluding hydrogens is 478 g/mol. The molecule has 0 unspecified atom stereocenters. The second-order valence-electron chi connectivity index (χ2n) is 7.19. The molecule has 4 aromatic carbocycles. The van der Waals surface area contributed by atoms with E-state index in [1.54, 1.807) is 36.4 Å². The predicted octanol–water partition coefficient (Wildman–Crippen LogP) is -1.45. The maximum absolute atomic E-state index is 13.3. The maximum atomic E-state index is 13.3. The number of hydrogen-bond acceptors (Lipinski definition) is 5. The largest absolute Gasteiger partial charge is 1.00 e. The molecule has 154 valence electrons. The molecule has 0 fully saturated rings. The topological polar surface area (TPSA) is 91.3 Å². The van der Waals surface area contributed by atoms with E-state index in [-0.39, 0.29) is 73.8 Å². The molecule has 0 N–H and O–H groups in total. The molecule has 4 aromatic rings. The molecule has 0 spiro atoms. The van der Waals surface area contributed by atoms with Gasteiger partial charge in [0, 0.05) is 11.1 Å². The Kier molecular flexibility index (Phi) is 7.80. The Morgan fingerprint density at radius 3 is 1.52 bits per heavy atom. The van der Waals surface area contributed by atoms with Gasteiger partial charge in [-0.2, -0.15) is 30.3 Å². The number of benzene rings is 4. The zero-order chi connectivity index (χ0) is 21.8. The van der Waals surface area contributed by atoms with Gasteiger partial charge in [-0.25, -0.2) is 16.8 Å². The molecule has 0 saturated carbocycles. The Hall–Kier alpha value is -1.26. The average Bonchev–Trinajstić information content (AvgIpc) is 3.00. The summed E-state index contributed by atoms with van der Waals surface area (Å²) < 4.78 is 60.0. The van der Waals surface area contributed by atoms with Crippen LogP contribution in [0.3, 0.4) is 0 Å². The van der Waals surface area contributed by atoms with Crippen molar-refractivity contribution in [3.8, 4) is 33.4 Å². The molecule has 1 aliphatic heterocycles. The van der Waals surface area contributed by atoms with E-state index >= 15 is 0 Å². The Bertz CT molecular complexity index is 1550. The third kappa shape index (κ3) is 4.80. The summed E-state index contributed by atoms with van der Waals surface area (Å²) in [5.41, 5.74) is 4.22. The summed E-state index contributed by atoms with van der Waals surface area (Å²) in [4.78, 5) is 0.139. The van der Waals surface area contributed by atoms with Gasteiger partial charge in [0.25, 0.3) is 0 Å². The standard InChI is InChI=1S/C24H15O5S2.2Na/c25-30(26)23-14-18(16-4-2-1-3-5-16)8-12-21(23)22-13-9-19(15-24(22)30)17-6-10-20(11-7-17)31(27,28)29;;/h2-15H,(H,27,28,29);;/q-1;2*+1/p-1. The SMILES string of the molecule is O=S(=O)([O-])c1ccc(-c2ccc3c(c2)S(=O)(=O)c2cc(-c4cc[c-]cc4)ccc2-3)cc1.[Na+].[Na+]. The molecule has 5 nitrogen and oxygen atoms in total. The van der Waals surface area contributed by atoms with E-state index in [9.17, 15) is 21.4 Å². The van der Waals surface area contributed by atoms with E-state index in [1.807, 2.05) is 24.3 Å². The van der Waals surface area contributed by atoms with Crippen LogP contribution in [0, 0.1) is 6.07 Å². The molecule has 1 aliphatic rings. The van der Waals surface area contributed by atoms with Crippen LogP contribution in [-0.4, -0.2) is 21.4 Å². The molecule has 1 heterocycles. The monoisotopic (exact) mass is 492 g/mol. The Morgan fingerprint density at radius 1 is 0.636 bits per heavy atom. The summed E-state index contributed by atoms with van der Waals surface area (Å²) in [5, 5.41) is 0. The maximum Gasteiger partial charge on any atom is 1.00 e. The molecular formula is C24H14Na2O5S2. The summed E-state index contributed by atoms with van der Waals surface area (Å²) in [6, 6.07) is 26.2. The van der Waals surface area contributed by atoms with Gasteiger partial charge in [-0.05, 0) is 41.0 Å². The van der Waals surface area contributed by atoms with Crippen molar-refractivity contribution in [2.45, 2.75) is 14.7 Å². The van der Waals surface area contributed by atoms with E-state index in [1.165, 1.54) is 24.3 Å². The van der Waals surface area contributed by atoms with Crippen molar-refractivity contribution in [2.24, 2.45) is 0 Å². The first kappa shape index (κ1) is 26.3. The molecule has 0 amide bonds. The van der Waals surface area contributed by atoms with Crippen LogP contribution in [0.25, 0.3) is 33.4 Å². The molecule has 0 atom stereocenters. The summed E-state index contributed by atoms with van der Waals surface area (Å²) in [6.45, 7) is 0. The fraction of sp³-hybridized carbons (Fsp3) is 0. The van der Waals surface area contributed by atoms with E-state index in [2.05, 4.69) is 6.07 Å². The first-order valence-electron chi connectivity index (χ1n) is 9.31. The van der Waals surface area contributed by atoms with Crippen LogP contribution < -0.4 is 59.1 Å². The second-order valence-corrected chi connectivity index (χ2v) is 10.5. The van der Waals surface area contributed by atoms with Crippen molar-refractivity contribution in [2.75, 3.05) is 0 Å². The van der Waals surface area contributed by atoms with E-state index < -0.39 is 20.0 Å². The van der Waals surface area contributed by atoms with Gasteiger partial charge in [0.1, 0.15) is 10.1 Å². The van der Waals surface area contributed by atoms with Gasteiger partial charge in [0.2, 0.25) is 9.84 Å². The third-order valence-electron chi connectivity index (χ3n) is 5.36. The van der Waals surface area contributed by atoms with Gasteiger partial charge >= 0.3 is 59.1 Å². The smallest absolute Gasteiger partial charge is 0.744 e. The molecule has 0 aliphatic carbocycles. The van der Waals surface area contributed by atoms with Crippen LogP contribution >= 0.6 is 0 Å². The van der Waals surface area contributed by atoms with Crippen molar-refractivity contribution >= 4 is 20.0 Å². The minimum Gasteiger partial charge on any atom is -0.744 e. The van der Waals surface area contributed by atoms with Crippen molar-refractivity contribution in [1.82, 2.24) is 0 Å². The van der Waals surface area contributed by atoms with Crippen LogP contribution in [-0.2, 0) is 20.0 Å². The summed E-state index contributed by atoms with van der Waals surface area (Å²) in [6.07, 6.45) is 0. The van der Waals surface area contributed by atoms with Gasteiger partial charge in [0.15, 0.2) is 0 Å². The summed E-state index contributed by atoms with van der Waals surface area (Å²) >= 11 is 0. The Balaban J connectivity index is 0.00000153. The van der Waals surface area contributed by atoms with Gasteiger partial charge < -0.3 is 4.55 Å². The number of sulfone groups is 1. The van der Waals surface area contributed by atoms with Crippen molar-refractivity contribution in [1.29, 1.82) is 0 Å². The van der Waals surface area contributed by atoms with Crippen molar-refractivity contribution < 1.29 is 80.5 Å². The van der Waals surface area contributed by atoms with Crippen molar-refractivity contribution in [3.63, 3.8) is 0 Å². The Morgan fingerprint density at radius 2 is 1.06 bits per heavy atom. The van der Waals surface area contributed by atoms with E-state index in [0.29, 0.717) is 22.3 Å². The van der Waals surface area contributed by atoms with Crippen LogP contribution in [0.4, 0.5) is 0 Å². The average molecular weight is 492 g/mol. The normalized spacial score (nSPS) is 13.2. The molecule has 0 saturated heterocycles. The van der Waals surface area contributed by atoms with Crippen LogP contribution in [0.2, 0.25) is 0 Å². The van der Waals surface area contributed by atoms with E-state index in [0.717, 1.165) is 11.1 Å². The molecule has 0 aromatic heterocycles. The predicted molar refractivity (Wildman–Crippen MR) is 115 cm³/mol. The van der Waals surface area contributed by atoms with Crippen molar-refractivity contribution in [3.05, 3.63) is 91.0 Å². The van der Waals surface area contributed by atoms with Gasteiger partial charge in [-0.3, -0.25) is 0 Å². The van der Waals surface area contributed by atoms with Gasteiger partial charge in [-0.1, -0.05) is 36.4 Å². The number of fused-ring (bicyclic) bond motifs is 3. The first-order valence-corrected chi connectivity index (χ1v) is 12.2. The summed E-state index contributed by atoms with van der Waals surface area (Å²) in [5.74, 6) is 0. The minimum absolute atomic E-state index is 0. The number of hydrogen-bond donors (Lipinski definition) is 0. The second kappa shape index (κ2) is 9.77.